The summed E-state index contributed by atoms with van der Waals surface area (Å²) in [7, 11) is 0. The molecule has 9 aromatic rings. The van der Waals surface area contributed by atoms with E-state index in [0.29, 0.717) is 0 Å². The van der Waals surface area contributed by atoms with Crippen LogP contribution in [0.3, 0.4) is 0 Å². The highest BCUT2D eigenvalue weighted by Gasteiger charge is 2.23. The SMILES string of the molecule is C1=Cc2ccc3c(-c4cccc(-c5ccc(-c6ccccc6-c6ccccc6-c6cccc(-c7ccc8c9c%10c(ccc79)C=CCC%10=CC8)c6)cc5)c4)ccc4c3c2C(=CC4)C1. The van der Waals surface area contributed by atoms with Crippen LogP contribution in [-0.2, 0) is 12.8 Å². The fourth-order valence-electron chi connectivity index (χ4n) is 11.1. The fourth-order valence-corrected chi connectivity index (χ4v) is 11.1. The third-order valence-electron chi connectivity index (χ3n) is 14.0. The molecule has 0 fully saturated rings. The summed E-state index contributed by atoms with van der Waals surface area (Å²) in [6.45, 7) is 0. The van der Waals surface area contributed by atoms with Crippen molar-refractivity contribution in [3.8, 4) is 66.8 Å². The molecule has 0 saturated heterocycles. The molecular formula is C62H42. The Balaban J connectivity index is 0.845. The van der Waals surface area contributed by atoms with Gasteiger partial charge in [0.15, 0.2) is 0 Å². The number of hydrogen-bond acceptors (Lipinski definition) is 0. The Morgan fingerprint density at radius 3 is 1.29 bits per heavy atom. The highest BCUT2D eigenvalue weighted by molar-refractivity contribution is 6.10. The predicted molar refractivity (Wildman–Crippen MR) is 265 cm³/mol. The van der Waals surface area contributed by atoms with E-state index >= 15 is 0 Å². The van der Waals surface area contributed by atoms with Crippen molar-refractivity contribution in [3.63, 3.8) is 0 Å². The second-order valence-electron chi connectivity index (χ2n) is 17.4. The smallest absolute Gasteiger partial charge is 0.00611 e. The molecule has 0 amide bonds. The third-order valence-corrected chi connectivity index (χ3v) is 14.0. The van der Waals surface area contributed by atoms with Crippen LogP contribution in [-0.4, -0.2) is 0 Å². The van der Waals surface area contributed by atoms with E-state index in [9.17, 15) is 0 Å². The molecule has 290 valence electrons. The van der Waals surface area contributed by atoms with E-state index < -0.39 is 0 Å². The molecule has 0 N–H and O–H groups in total. The first-order valence-corrected chi connectivity index (χ1v) is 22.1. The summed E-state index contributed by atoms with van der Waals surface area (Å²) in [4.78, 5) is 0. The molecule has 4 aliphatic rings. The van der Waals surface area contributed by atoms with Gasteiger partial charge in [0, 0.05) is 0 Å². The van der Waals surface area contributed by atoms with Gasteiger partial charge in [-0.2, -0.15) is 0 Å². The summed E-state index contributed by atoms with van der Waals surface area (Å²) in [5.41, 5.74) is 26.3. The quantitative estimate of drug-likeness (QED) is 0.157. The predicted octanol–water partition coefficient (Wildman–Crippen LogP) is 16.7. The molecule has 0 heteroatoms. The minimum Gasteiger partial charge on any atom is -0.0795 e. The largest absolute Gasteiger partial charge is 0.0795 e. The third kappa shape index (κ3) is 5.53. The highest BCUT2D eigenvalue weighted by atomic mass is 14.3. The molecule has 0 bridgehead atoms. The Morgan fingerprint density at radius 1 is 0.290 bits per heavy atom. The second-order valence-corrected chi connectivity index (χ2v) is 17.4. The minimum absolute atomic E-state index is 1.00. The van der Waals surface area contributed by atoms with Gasteiger partial charge in [-0.05, 0) is 171 Å². The molecule has 0 unspecified atom stereocenters. The molecule has 0 heterocycles. The van der Waals surface area contributed by atoms with Gasteiger partial charge in [0.05, 0.1) is 0 Å². The highest BCUT2D eigenvalue weighted by Crippen LogP contribution is 2.46. The average Bonchev–Trinajstić information content (AvgIpc) is 3.35. The van der Waals surface area contributed by atoms with Crippen molar-refractivity contribution in [1.82, 2.24) is 0 Å². The molecule has 62 heavy (non-hydrogen) atoms. The van der Waals surface area contributed by atoms with Crippen LogP contribution >= 0.6 is 0 Å². The van der Waals surface area contributed by atoms with E-state index in [1.165, 1.54) is 133 Å². The van der Waals surface area contributed by atoms with Crippen molar-refractivity contribution in [2.75, 3.05) is 0 Å². The zero-order valence-electron chi connectivity index (χ0n) is 34.5. The summed E-state index contributed by atoms with van der Waals surface area (Å²) in [5, 5.41) is 5.58. The Hall–Kier alpha value is -7.54. The molecule has 0 radical (unpaired) electrons. The van der Waals surface area contributed by atoms with Gasteiger partial charge in [0.1, 0.15) is 0 Å². The van der Waals surface area contributed by atoms with Crippen molar-refractivity contribution in [3.05, 3.63) is 228 Å². The number of hydrogen-bond donors (Lipinski definition) is 0. The molecule has 0 atom stereocenters. The number of rotatable bonds is 6. The van der Waals surface area contributed by atoms with Crippen LogP contribution in [0.2, 0.25) is 0 Å². The van der Waals surface area contributed by atoms with E-state index in [2.05, 4.69) is 206 Å². The van der Waals surface area contributed by atoms with Gasteiger partial charge in [0.2, 0.25) is 0 Å². The van der Waals surface area contributed by atoms with Crippen LogP contribution in [0.1, 0.15) is 46.2 Å². The molecular weight excluding hydrogens is 745 g/mol. The molecule has 0 aromatic heterocycles. The first-order chi connectivity index (χ1) is 30.7. The maximum Gasteiger partial charge on any atom is -0.00611 e. The first kappa shape index (κ1) is 35.2. The Morgan fingerprint density at radius 2 is 0.742 bits per heavy atom. The van der Waals surface area contributed by atoms with Crippen LogP contribution in [0.25, 0.3) is 112 Å². The maximum atomic E-state index is 2.43. The first-order valence-electron chi connectivity index (χ1n) is 22.1. The molecule has 9 aromatic carbocycles. The maximum absolute atomic E-state index is 2.43. The number of benzene rings is 9. The average molecular weight is 787 g/mol. The molecule has 0 saturated carbocycles. The number of allylic oxidation sites excluding steroid dienone is 6. The van der Waals surface area contributed by atoms with E-state index in [4.69, 9.17) is 0 Å². The second kappa shape index (κ2) is 14.0. The molecule has 0 spiro atoms. The van der Waals surface area contributed by atoms with Gasteiger partial charge in [-0.15, -0.1) is 0 Å². The lowest BCUT2D eigenvalue weighted by molar-refractivity contribution is 1.23. The minimum atomic E-state index is 1.00. The van der Waals surface area contributed by atoms with Crippen molar-refractivity contribution in [2.24, 2.45) is 0 Å². The van der Waals surface area contributed by atoms with Crippen LogP contribution in [0.4, 0.5) is 0 Å². The van der Waals surface area contributed by atoms with E-state index in [1.54, 1.807) is 0 Å². The van der Waals surface area contributed by atoms with Crippen molar-refractivity contribution in [1.29, 1.82) is 0 Å². The van der Waals surface area contributed by atoms with Gasteiger partial charge in [-0.1, -0.05) is 194 Å². The monoisotopic (exact) mass is 786 g/mol. The van der Waals surface area contributed by atoms with Gasteiger partial charge < -0.3 is 0 Å². The molecule has 0 aliphatic heterocycles. The summed E-state index contributed by atoms with van der Waals surface area (Å²) in [6, 6.07) is 64.0. The lowest BCUT2D eigenvalue weighted by Crippen LogP contribution is -2.03. The van der Waals surface area contributed by atoms with E-state index in [1.807, 2.05) is 0 Å². The van der Waals surface area contributed by atoms with Gasteiger partial charge in [-0.3, -0.25) is 0 Å². The molecule has 4 aliphatic carbocycles. The standard InChI is InChI=1S/C62H42/c1-3-19-55(56-20-4-2-18-52(56)49-15-8-16-50(38-49)54-34-30-46-28-26-42-10-6-12-44-32-36-58(54)62(46)60(42)44)51(17-1)40-23-21-39(22-24-40)47-13-7-14-48(37-47)53-33-29-45-27-25-41-9-5-11-43-31-35-57(53)61(45)59(41)43/h1-8,11-26,29-38H,9-10,27-28H2. The summed E-state index contributed by atoms with van der Waals surface area (Å²) in [6.07, 6.45) is 18.1. The van der Waals surface area contributed by atoms with Crippen molar-refractivity contribution < 1.29 is 0 Å². The summed E-state index contributed by atoms with van der Waals surface area (Å²) >= 11 is 0. The lowest BCUT2D eigenvalue weighted by Gasteiger charge is -2.24. The van der Waals surface area contributed by atoms with E-state index in [0.717, 1.165) is 25.7 Å². The summed E-state index contributed by atoms with van der Waals surface area (Å²) in [5.74, 6) is 0. The normalized spacial score (nSPS) is 14.3. The Labute approximate surface area is 363 Å². The zero-order chi connectivity index (χ0) is 40.7. The topological polar surface area (TPSA) is 0 Å². The zero-order valence-corrected chi connectivity index (χ0v) is 34.5. The van der Waals surface area contributed by atoms with Crippen LogP contribution in [0, 0.1) is 0 Å². The Kier molecular flexibility index (Phi) is 7.97. The lowest BCUT2D eigenvalue weighted by atomic mass is 9.79. The molecule has 0 nitrogen and oxygen atoms in total. The van der Waals surface area contributed by atoms with Crippen LogP contribution in [0.5, 0.6) is 0 Å². The van der Waals surface area contributed by atoms with Crippen LogP contribution in [0.15, 0.2) is 194 Å². The fraction of sp³-hybridized carbons (Fsp3) is 0.0645. The van der Waals surface area contributed by atoms with Gasteiger partial charge >= 0.3 is 0 Å². The van der Waals surface area contributed by atoms with Crippen LogP contribution < -0.4 is 0 Å². The van der Waals surface area contributed by atoms with Crippen molar-refractivity contribution in [2.45, 2.75) is 25.7 Å². The van der Waals surface area contributed by atoms with E-state index in [-0.39, 0.29) is 0 Å². The van der Waals surface area contributed by atoms with Gasteiger partial charge in [0.25, 0.3) is 0 Å². The Bertz CT molecular complexity index is 3490. The summed E-state index contributed by atoms with van der Waals surface area (Å²) < 4.78 is 0. The molecule has 13 rings (SSSR count). The van der Waals surface area contributed by atoms with Crippen molar-refractivity contribution >= 4 is 44.8 Å². The van der Waals surface area contributed by atoms with Gasteiger partial charge in [-0.25, -0.2) is 0 Å².